The van der Waals surface area contributed by atoms with E-state index in [1.54, 1.807) is 0 Å². The molecule has 0 fully saturated rings. The third-order valence-corrected chi connectivity index (χ3v) is 3.97. The minimum atomic E-state index is 0.272. The maximum Gasteiger partial charge on any atom is 0.117 e. The van der Waals surface area contributed by atoms with Crippen LogP contribution in [0.2, 0.25) is 0 Å². The Morgan fingerprint density at radius 1 is 1.19 bits per heavy atom. The van der Waals surface area contributed by atoms with E-state index in [0.29, 0.717) is 5.56 Å². The van der Waals surface area contributed by atoms with E-state index in [1.807, 2.05) is 31.3 Å². The molecule has 3 aromatic rings. The van der Waals surface area contributed by atoms with E-state index < -0.39 is 0 Å². The van der Waals surface area contributed by atoms with Crippen molar-refractivity contribution >= 4 is 11.0 Å². The number of imidazole rings is 1. The number of aryl methyl sites for hydroxylation is 1. The fourth-order valence-electron chi connectivity index (χ4n) is 2.84. The van der Waals surface area contributed by atoms with Crippen LogP contribution in [0.3, 0.4) is 0 Å². The Balaban J connectivity index is 2.16. The summed E-state index contributed by atoms with van der Waals surface area (Å²) in [6.07, 6.45) is 0.992. The van der Waals surface area contributed by atoms with Crippen LogP contribution in [0.4, 0.5) is 0 Å². The maximum atomic E-state index is 9.05. The quantitative estimate of drug-likeness (QED) is 0.725. The Kier molecular flexibility index (Phi) is 3.45. The van der Waals surface area contributed by atoms with Crippen molar-refractivity contribution in [3.63, 3.8) is 0 Å². The van der Waals surface area contributed by atoms with E-state index >= 15 is 0 Å². The van der Waals surface area contributed by atoms with Crippen LogP contribution in [0, 0.1) is 11.3 Å². The zero-order chi connectivity index (χ0) is 14.8. The summed E-state index contributed by atoms with van der Waals surface area (Å²) in [4.78, 5) is 4.79. The average molecular weight is 275 g/mol. The highest BCUT2D eigenvalue weighted by Gasteiger charge is 2.18. The Labute approximate surface area is 124 Å². The molecular weight excluding hydrogens is 258 g/mol. The second kappa shape index (κ2) is 5.41. The van der Waals surface area contributed by atoms with Gasteiger partial charge in [0.2, 0.25) is 0 Å². The lowest BCUT2D eigenvalue weighted by atomic mass is 9.96. The maximum absolute atomic E-state index is 9.05. The zero-order valence-electron chi connectivity index (χ0n) is 12.2. The van der Waals surface area contributed by atoms with Gasteiger partial charge >= 0.3 is 0 Å². The van der Waals surface area contributed by atoms with Gasteiger partial charge in [-0.25, -0.2) is 4.98 Å². The fraction of sp³-hybridized carbons (Fsp3) is 0.222. The van der Waals surface area contributed by atoms with Gasteiger partial charge in [-0.3, -0.25) is 0 Å². The number of fused-ring (bicyclic) bond motifs is 1. The normalized spacial score (nSPS) is 12.2. The molecule has 104 valence electrons. The van der Waals surface area contributed by atoms with E-state index in [-0.39, 0.29) is 5.92 Å². The van der Waals surface area contributed by atoms with Crippen molar-refractivity contribution in [1.29, 1.82) is 5.26 Å². The van der Waals surface area contributed by atoms with E-state index in [4.69, 9.17) is 10.2 Å². The van der Waals surface area contributed by atoms with Crippen molar-refractivity contribution in [2.24, 2.45) is 7.05 Å². The third kappa shape index (κ3) is 2.30. The summed E-state index contributed by atoms with van der Waals surface area (Å²) in [5.74, 6) is 1.32. The molecule has 0 aliphatic rings. The van der Waals surface area contributed by atoms with Gasteiger partial charge in [0.05, 0.1) is 22.7 Å². The van der Waals surface area contributed by atoms with Crippen molar-refractivity contribution in [2.75, 3.05) is 0 Å². The van der Waals surface area contributed by atoms with Gasteiger partial charge in [0.15, 0.2) is 0 Å². The molecule has 0 saturated carbocycles. The van der Waals surface area contributed by atoms with Crippen LogP contribution in [0.5, 0.6) is 0 Å². The van der Waals surface area contributed by atoms with E-state index in [9.17, 15) is 0 Å². The first-order valence-electron chi connectivity index (χ1n) is 7.16. The molecule has 3 nitrogen and oxygen atoms in total. The SMILES string of the molecule is CCC(c1ccccc1)c1nc2ccc(C#N)cc2n1C. The average Bonchev–Trinajstić information content (AvgIpc) is 2.86. The summed E-state index contributed by atoms with van der Waals surface area (Å²) in [5.41, 5.74) is 3.91. The molecule has 1 atom stereocenters. The summed E-state index contributed by atoms with van der Waals surface area (Å²) in [6, 6.07) is 18.3. The highest BCUT2D eigenvalue weighted by Crippen LogP contribution is 2.29. The predicted molar refractivity (Wildman–Crippen MR) is 84.0 cm³/mol. The van der Waals surface area contributed by atoms with Crippen LogP contribution < -0.4 is 0 Å². The molecule has 2 aromatic carbocycles. The minimum absolute atomic E-state index is 0.272. The molecular formula is C18H17N3. The highest BCUT2D eigenvalue weighted by molar-refractivity contribution is 5.78. The van der Waals surface area contributed by atoms with Gasteiger partial charge < -0.3 is 4.57 Å². The molecule has 3 heteroatoms. The van der Waals surface area contributed by atoms with Crippen LogP contribution in [0.25, 0.3) is 11.0 Å². The monoisotopic (exact) mass is 275 g/mol. The Hall–Kier alpha value is -2.60. The Bertz CT molecular complexity index is 810. The molecule has 0 spiro atoms. The van der Waals surface area contributed by atoms with Crippen LogP contribution in [-0.4, -0.2) is 9.55 Å². The molecule has 0 saturated heterocycles. The van der Waals surface area contributed by atoms with E-state index in [1.165, 1.54) is 5.56 Å². The first-order chi connectivity index (χ1) is 10.2. The molecule has 3 rings (SSSR count). The van der Waals surface area contributed by atoms with Gasteiger partial charge in [0.25, 0.3) is 0 Å². The molecule has 1 aromatic heterocycles. The summed E-state index contributed by atoms with van der Waals surface area (Å²) in [7, 11) is 2.03. The highest BCUT2D eigenvalue weighted by atomic mass is 15.1. The molecule has 0 aliphatic heterocycles. The van der Waals surface area contributed by atoms with E-state index in [0.717, 1.165) is 23.3 Å². The summed E-state index contributed by atoms with van der Waals surface area (Å²) in [6.45, 7) is 2.18. The number of aromatic nitrogens is 2. The van der Waals surface area contributed by atoms with Gasteiger partial charge in [-0.1, -0.05) is 37.3 Å². The van der Waals surface area contributed by atoms with Crippen LogP contribution in [0.15, 0.2) is 48.5 Å². The molecule has 1 unspecified atom stereocenters. The zero-order valence-corrected chi connectivity index (χ0v) is 12.2. The first kappa shape index (κ1) is 13.4. The molecule has 0 radical (unpaired) electrons. The molecule has 0 bridgehead atoms. The van der Waals surface area contributed by atoms with Crippen molar-refractivity contribution < 1.29 is 0 Å². The lowest BCUT2D eigenvalue weighted by molar-refractivity contribution is 0.681. The van der Waals surface area contributed by atoms with Gasteiger partial charge in [0.1, 0.15) is 5.82 Å². The lowest BCUT2D eigenvalue weighted by Crippen LogP contribution is -2.07. The van der Waals surface area contributed by atoms with Crippen molar-refractivity contribution in [1.82, 2.24) is 9.55 Å². The van der Waals surface area contributed by atoms with Crippen LogP contribution >= 0.6 is 0 Å². The smallest absolute Gasteiger partial charge is 0.117 e. The number of hydrogen-bond acceptors (Lipinski definition) is 2. The summed E-state index contributed by atoms with van der Waals surface area (Å²) < 4.78 is 2.11. The molecule has 21 heavy (non-hydrogen) atoms. The van der Waals surface area contributed by atoms with Crippen molar-refractivity contribution in [2.45, 2.75) is 19.3 Å². The Morgan fingerprint density at radius 3 is 2.62 bits per heavy atom. The van der Waals surface area contributed by atoms with Crippen molar-refractivity contribution in [3.8, 4) is 6.07 Å². The standard InChI is InChI=1S/C18H17N3/c1-3-15(14-7-5-4-6-8-14)18-20-16-10-9-13(12-19)11-17(16)21(18)2/h4-11,15H,3H2,1-2H3. The van der Waals surface area contributed by atoms with Gasteiger partial charge in [-0.05, 0) is 30.2 Å². The van der Waals surface area contributed by atoms with Gasteiger partial charge in [-0.2, -0.15) is 5.26 Å². The molecule has 0 amide bonds. The predicted octanol–water partition coefficient (Wildman–Crippen LogP) is 3.99. The second-order valence-corrected chi connectivity index (χ2v) is 5.22. The van der Waals surface area contributed by atoms with Crippen LogP contribution in [0.1, 0.15) is 36.2 Å². The largest absolute Gasteiger partial charge is 0.331 e. The number of nitriles is 1. The lowest BCUT2D eigenvalue weighted by Gasteiger charge is -2.15. The third-order valence-electron chi connectivity index (χ3n) is 3.97. The van der Waals surface area contributed by atoms with E-state index in [2.05, 4.69) is 41.8 Å². The number of nitrogens with zero attached hydrogens (tertiary/aromatic N) is 3. The molecule has 0 aliphatic carbocycles. The second-order valence-electron chi connectivity index (χ2n) is 5.22. The topological polar surface area (TPSA) is 41.6 Å². The summed E-state index contributed by atoms with van der Waals surface area (Å²) >= 11 is 0. The molecule has 1 heterocycles. The summed E-state index contributed by atoms with van der Waals surface area (Å²) in [5, 5.41) is 9.05. The minimum Gasteiger partial charge on any atom is -0.331 e. The fourth-order valence-corrected chi connectivity index (χ4v) is 2.84. The van der Waals surface area contributed by atoms with Gasteiger partial charge in [-0.15, -0.1) is 0 Å². The van der Waals surface area contributed by atoms with Gasteiger partial charge in [0, 0.05) is 13.0 Å². The Morgan fingerprint density at radius 2 is 1.95 bits per heavy atom. The molecule has 0 N–H and O–H groups in total. The van der Waals surface area contributed by atoms with Crippen LogP contribution in [-0.2, 0) is 7.05 Å². The van der Waals surface area contributed by atoms with Crippen molar-refractivity contribution in [3.05, 3.63) is 65.5 Å². The number of hydrogen-bond donors (Lipinski definition) is 0. The first-order valence-corrected chi connectivity index (χ1v) is 7.16. The number of rotatable bonds is 3. The number of benzene rings is 2.